The quantitative estimate of drug-likeness (QED) is 0.174. The maximum Gasteiger partial charge on any atom is 0.416 e. The van der Waals surface area contributed by atoms with E-state index in [0.29, 0.717) is 34.7 Å². The standard InChI is InChI=1S/C25H23F7N4S.ClH/c1-35-21(15-3-5-16(6-4-15)24(27,28)29)33-34-22(35)37-10-2-9-36-13-18-12-23(18,14-36)19-8-7-17(11-20(19)26)25(30,31)32;/h3-8,11,18H,2,9-10,12-14H2,1H3;1H/t18-,23-;/m0./s1. The molecule has 2 fully saturated rings. The summed E-state index contributed by atoms with van der Waals surface area (Å²) >= 11 is 1.48. The van der Waals surface area contributed by atoms with Crippen molar-refractivity contribution in [1.29, 1.82) is 0 Å². The molecule has 1 aliphatic heterocycles. The fourth-order valence-corrected chi connectivity index (χ4v) is 6.06. The van der Waals surface area contributed by atoms with Crippen molar-refractivity contribution in [2.75, 3.05) is 25.4 Å². The summed E-state index contributed by atoms with van der Waals surface area (Å²) < 4.78 is 93.4. The molecule has 2 aliphatic rings. The van der Waals surface area contributed by atoms with Gasteiger partial charge < -0.3 is 9.47 Å². The van der Waals surface area contributed by atoms with Crippen LogP contribution in [0.3, 0.4) is 0 Å². The van der Waals surface area contributed by atoms with Crippen LogP contribution in [0.15, 0.2) is 47.6 Å². The molecule has 1 saturated heterocycles. The highest BCUT2D eigenvalue weighted by atomic mass is 35.5. The summed E-state index contributed by atoms with van der Waals surface area (Å²) in [6, 6.07) is 7.62. The van der Waals surface area contributed by atoms with E-state index in [-0.39, 0.29) is 18.3 Å². The van der Waals surface area contributed by atoms with Gasteiger partial charge in [-0.25, -0.2) is 4.39 Å². The highest BCUT2D eigenvalue weighted by Gasteiger charge is 2.61. The lowest BCUT2D eigenvalue weighted by atomic mass is 9.93. The molecule has 0 amide bonds. The molecule has 0 radical (unpaired) electrons. The van der Waals surface area contributed by atoms with Gasteiger partial charge in [0.15, 0.2) is 11.0 Å². The second kappa shape index (κ2) is 10.3. The van der Waals surface area contributed by atoms with E-state index < -0.39 is 34.7 Å². The van der Waals surface area contributed by atoms with Gasteiger partial charge in [-0.05, 0) is 55.1 Å². The number of alkyl halides is 6. The van der Waals surface area contributed by atoms with Crippen LogP contribution in [0.4, 0.5) is 30.7 Å². The summed E-state index contributed by atoms with van der Waals surface area (Å²) in [7, 11) is 1.76. The predicted octanol–water partition coefficient (Wildman–Crippen LogP) is 6.84. The molecule has 2 heterocycles. The second-order valence-corrected chi connectivity index (χ2v) is 10.7. The summed E-state index contributed by atoms with van der Waals surface area (Å²) in [6.45, 7) is 2.16. The number of nitrogens with zero attached hydrogens (tertiary/aromatic N) is 4. The molecule has 2 aromatic carbocycles. The van der Waals surface area contributed by atoms with Crippen molar-refractivity contribution < 1.29 is 30.7 Å². The van der Waals surface area contributed by atoms with Crippen LogP contribution in [0.25, 0.3) is 11.4 Å². The van der Waals surface area contributed by atoms with Crippen LogP contribution in [-0.4, -0.2) is 45.1 Å². The first-order valence-corrected chi connectivity index (χ1v) is 12.7. The third-order valence-electron chi connectivity index (χ3n) is 7.20. The van der Waals surface area contributed by atoms with Crippen LogP contribution in [0.2, 0.25) is 0 Å². The summed E-state index contributed by atoms with van der Waals surface area (Å²) in [5.74, 6) is 0.649. The van der Waals surface area contributed by atoms with Crippen LogP contribution in [-0.2, 0) is 24.8 Å². The Balaban J connectivity index is 0.00000336. The van der Waals surface area contributed by atoms with E-state index in [4.69, 9.17) is 0 Å². The highest BCUT2D eigenvalue weighted by Crippen LogP contribution is 2.59. The Kier molecular flexibility index (Phi) is 7.81. The normalized spacial score (nSPS) is 21.3. The topological polar surface area (TPSA) is 34.0 Å². The Bertz CT molecular complexity index is 1290. The first-order valence-electron chi connectivity index (χ1n) is 11.7. The molecule has 0 N–H and O–H groups in total. The van der Waals surface area contributed by atoms with Gasteiger partial charge in [0.1, 0.15) is 5.82 Å². The number of halogens is 8. The Morgan fingerprint density at radius 2 is 1.63 bits per heavy atom. The molecular weight excluding hydrogens is 557 g/mol. The predicted molar refractivity (Wildman–Crippen MR) is 132 cm³/mol. The first-order chi connectivity index (χ1) is 17.4. The third-order valence-corrected chi connectivity index (χ3v) is 8.31. The van der Waals surface area contributed by atoms with E-state index in [0.717, 1.165) is 49.9 Å². The molecule has 3 aromatic rings. The number of thioether (sulfide) groups is 1. The lowest BCUT2D eigenvalue weighted by Crippen LogP contribution is -2.28. The monoisotopic (exact) mass is 580 g/mol. The molecule has 1 saturated carbocycles. The minimum Gasteiger partial charge on any atom is -0.305 e. The van der Waals surface area contributed by atoms with Gasteiger partial charge in [0.2, 0.25) is 0 Å². The largest absolute Gasteiger partial charge is 0.416 e. The minimum atomic E-state index is -4.57. The van der Waals surface area contributed by atoms with Gasteiger partial charge >= 0.3 is 12.4 Å². The molecule has 1 aliphatic carbocycles. The van der Waals surface area contributed by atoms with Crippen LogP contribution in [0, 0.1) is 11.7 Å². The Labute approximate surface area is 225 Å². The number of piperidine rings is 1. The zero-order valence-electron chi connectivity index (χ0n) is 20.1. The maximum absolute atomic E-state index is 14.6. The molecule has 206 valence electrons. The lowest BCUT2D eigenvalue weighted by Gasteiger charge is -2.21. The number of likely N-dealkylation sites (tertiary alicyclic amines) is 1. The Morgan fingerprint density at radius 1 is 0.974 bits per heavy atom. The van der Waals surface area contributed by atoms with Crippen molar-refractivity contribution in [3.05, 3.63) is 65.0 Å². The summed E-state index contributed by atoms with van der Waals surface area (Å²) in [5, 5.41) is 8.91. The number of benzene rings is 2. The zero-order chi connectivity index (χ0) is 26.6. The molecule has 2 atom stereocenters. The van der Waals surface area contributed by atoms with Gasteiger partial charge in [0.05, 0.1) is 11.1 Å². The summed E-state index contributed by atoms with van der Waals surface area (Å²) in [4.78, 5) is 2.22. The van der Waals surface area contributed by atoms with E-state index >= 15 is 0 Å². The molecule has 38 heavy (non-hydrogen) atoms. The van der Waals surface area contributed by atoms with Gasteiger partial charge in [-0.2, -0.15) is 26.3 Å². The average molecular weight is 581 g/mol. The smallest absolute Gasteiger partial charge is 0.305 e. The van der Waals surface area contributed by atoms with Gasteiger partial charge in [-0.1, -0.05) is 30.0 Å². The van der Waals surface area contributed by atoms with Crippen molar-refractivity contribution >= 4 is 24.2 Å². The van der Waals surface area contributed by atoms with Gasteiger partial charge in [0, 0.05) is 36.9 Å². The summed E-state index contributed by atoms with van der Waals surface area (Å²) in [6.07, 6.45) is -7.38. The van der Waals surface area contributed by atoms with Gasteiger partial charge in [-0.3, -0.25) is 0 Å². The van der Waals surface area contributed by atoms with Crippen molar-refractivity contribution in [2.45, 2.75) is 35.8 Å². The minimum absolute atomic E-state index is 0. The SMILES string of the molecule is Cl.Cn1c(SCCCN2C[C@@H]3C[C@]3(c3ccc(C(F)(F)F)cc3F)C2)nnc1-c1ccc(C(F)(F)F)cc1. The van der Waals surface area contributed by atoms with E-state index in [1.54, 1.807) is 11.6 Å². The van der Waals surface area contributed by atoms with E-state index in [9.17, 15) is 30.7 Å². The van der Waals surface area contributed by atoms with Crippen LogP contribution in [0.1, 0.15) is 29.5 Å². The maximum atomic E-state index is 14.6. The van der Waals surface area contributed by atoms with E-state index in [1.807, 2.05) is 0 Å². The summed E-state index contributed by atoms with van der Waals surface area (Å²) in [5.41, 5.74) is -1.19. The molecular formula is C25H24ClF7N4S. The van der Waals surface area contributed by atoms with Crippen molar-refractivity contribution in [2.24, 2.45) is 13.0 Å². The number of hydrogen-bond donors (Lipinski definition) is 0. The number of fused-ring (bicyclic) bond motifs is 1. The molecule has 13 heteroatoms. The van der Waals surface area contributed by atoms with Crippen LogP contribution >= 0.6 is 24.2 Å². The molecule has 1 aromatic heterocycles. The van der Waals surface area contributed by atoms with Crippen molar-refractivity contribution in [3.63, 3.8) is 0 Å². The Hall–Kier alpha value is -2.31. The van der Waals surface area contributed by atoms with E-state index in [2.05, 4.69) is 15.1 Å². The molecule has 5 rings (SSSR count). The highest BCUT2D eigenvalue weighted by molar-refractivity contribution is 7.99. The molecule has 0 bridgehead atoms. The average Bonchev–Trinajstić information content (AvgIpc) is 3.19. The fraction of sp³-hybridized carbons (Fsp3) is 0.440. The van der Waals surface area contributed by atoms with E-state index in [1.165, 1.54) is 30.0 Å². The first kappa shape index (κ1) is 28.7. The van der Waals surface area contributed by atoms with Gasteiger partial charge in [-0.15, -0.1) is 22.6 Å². The molecule has 4 nitrogen and oxygen atoms in total. The van der Waals surface area contributed by atoms with Crippen molar-refractivity contribution in [3.8, 4) is 11.4 Å². The number of hydrogen-bond acceptors (Lipinski definition) is 4. The zero-order valence-corrected chi connectivity index (χ0v) is 21.7. The van der Waals surface area contributed by atoms with Crippen LogP contribution < -0.4 is 0 Å². The van der Waals surface area contributed by atoms with Crippen molar-refractivity contribution in [1.82, 2.24) is 19.7 Å². The lowest BCUT2D eigenvalue weighted by molar-refractivity contribution is -0.138. The Morgan fingerprint density at radius 3 is 2.26 bits per heavy atom. The van der Waals surface area contributed by atoms with Gasteiger partial charge in [0.25, 0.3) is 0 Å². The third kappa shape index (κ3) is 5.53. The van der Waals surface area contributed by atoms with Crippen LogP contribution in [0.5, 0.6) is 0 Å². The fourth-order valence-electron chi connectivity index (χ4n) is 5.22. The molecule has 0 spiro atoms. The number of rotatable bonds is 7. The second-order valence-electron chi connectivity index (χ2n) is 9.63. The number of aromatic nitrogens is 3. The molecule has 0 unspecified atom stereocenters.